The van der Waals surface area contributed by atoms with Crippen LogP contribution in [0.2, 0.25) is 19.6 Å². The fourth-order valence-electron chi connectivity index (χ4n) is 4.95. The zero-order valence-electron chi connectivity index (χ0n) is 30.0. The summed E-state index contributed by atoms with van der Waals surface area (Å²) in [7, 11) is -1.61. The summed E-state index contributed by atoms with van der Waals surface area (Å²) in [6.07, 6.45) is 5.27. The molecule has 229 valence electrons. The number of furan rings is 1. The Morgan fingerprint density at radius 3 is 2.39 bits per heavy atom. The molecule has 0 bridgehead atoms. The van der Waals surface area contributed by atoms with Crippen LogP contribution in [0.1, 0.15) is 61.7 Å². The number of hydrogen-bond donors (Lipinski definition) is 0. The maximum Gasteiger partial charge on any atom is 0.216 e. The molecular formula is C37H38FIrN3OSi-2. The molecule has 0 spiro atoms. The van der Waals surface area contributed by atoms with E-state index in [4.69, 9.17) is 9.90 Å². The first-order valence-electron chi connectivity index (χ1n) is 16.3. The van der Waals surface area contributed by atoms with Gasteiger partial charge in [0.05, 0.1) is 13.7 Å². The van der Waals surface area contributed by atoms with Gasteiger partial charge in [0.25, 0.3) is 0 Å². The monoisotopic (exact) mass is 784 g/mol. The van der Waals surface area contributed by atoms with Crippen LogP contribution in [-0.4, -0.2) is 23.0 Å². The van der Waals surface area contributed by atoms with Gasteiger partial charge in [0.1, 0.15) is 0 Å². The number of hydrogen-bond acceptors (Lipinski definition) is 4. The smallest absolute Gasteiger partial charge is 0.216 e. The van der Waals surface area contributed by atoms with Gasteiger partial charge in [-0.3, -0.25) is 4.39 Å². The molecule has 0 aliphatic heterocycles. The Labute approximate surface area is 280 Å². The number of aryl methyl sites for hydroxylation is 1. The van der Waals surface area contributed by atoms with E-state index in [1.807, 2.05) is 38.2 Å². The fourth-order valence-corrected chi connectivity index (χ4v) is 6.53. The Balaban J connectivity index is 0.000000212. The van der Waals surface area contributed by atoms with Crippen LogP contribution in [0, 0.1) is 24.8 Å². The zero-order chi connectivity index (χ0) is 34.3. The molecule has 0 aliphatic rings. The van der Waals surface area contributed by atoms with Gasteiger partial charge in [0, 0.05) is 55.4 Å². The molecule has 4 heterocycles. The van der Waals surface area contributed by atoms with Gasteiger partial charge in [-0.2, -0.15) is 0 Å². The quantitative estimate of drug-likeness (QED) is 0.129. The van der Waals surface area contributed by atoms with Crippen LogP contribution in [0.3, 0.4) is 0 Å². The molecule has 0 aliphatic carbocycles. The maximum atomic E-state index is 14.3. The van der Waals surface area contributed by atoms with Crippen molar-refractivity contribution in [3.05, 3.63) is 108 Å². The van der Waals surface area contributed by atoms with Crippen LogP contribution in [0.25, 0.3) is 44.6 Å². The molecule has 0 amide bonds. The Morgan fingerprint density at radius 1 is 0.932 bits per heavy atom. The summed E-state index contributed by atoms with van der Waals surface area (Å²) in [4.78, 5) is 13.1. The molecule has 7 heteroatoms. The molecule has 6 rings (SSSR count). The molecule has 6 aromatic rings. The van der Waals surface area contributed by atoms with Gasteiger partial charge in [-0.1, -0.05) is 83.0 Å². The second-order valence-electron chi connectivity index (χ2n) is 12.2. The minimum Gasteiger partial charge on any atom is -0.486 e. The number of fused-ring (bicyclic) bond motifs is 3. The van der Waals surface area contributed by atoms with E-state index in [0.29, 0.717) is 33.6 Å². The van der Waals surface area contributed by atoms with Gasteiger partial charge in [-0.05, 0) is 52.0 Å². The summed E-state index contributed by atoms with van der Waals surface area (Å²) in [5, 5.41) is 2.28. The van der Waals surface area contributed by atoms with Crippen molar-refractivity contribution in [1.82, 2.24) is 15.0 Å². The summed E-state index contributed by atoms with van der Waals surface area (Å²) in [6.45, 7) is 12.6. The number of benzene rings is 2. The van der Waals surface area contributed by atoms with E-state index in [9.17, 15) is 4.39 Å². The molecular weight excluding hydrogens is 742 g/mol. The molecule has 2 aromatic carbocycles. The second kappa shape index (κ2) is 13.6. The van der Waals surface area contributed by atoms with Crippen molar-refractivity contribution in [1.29, 1.82) is 0 Å². The van der Waals surface area contributed by atoms with E-state index < -0.39 is 20.8 Å². The largest absolute Gasteiger partial charge is 0.486 e. The van der Waals surface area contributed by atoms with Crippen molar-refractivity contribution < 1.29 is 34.4 Å². The number of rotatable bonds is 5. The van der Waals surface area contributed by atoms with E-state index in [0.717, 1.165) is 28.1 Å². The molecule has 0 unspecified atom stereocenters. The van der Waals surface area contributed by atoms with Crippen LogP contribution in [-0.2, 0) is 20.1 Å². The molecule has 44 heavy (non-hydrogen) atoms. The van der Waals surface area contributed by atoms with E-state index in [-0.39, 0.29) is 31.5 Å². The molecule has 0 saturated heterocycles. The predicted octanol–water partition coefficient (Wildman–Crippen LogP) is 9.63. The van der Waals surface area contributed by atoms with Crippen molar-refractivity contribution in [2.75, 3.05) is 0 Å². The molecule has 0 atom stereocenters. The summed E-state index contributed by atoms with van der Waals surface area (Å²) in [6, 6.07) is 21.7. The van der Waals surface area contributed by atoms with Crippen LogP contribution in [0.4, 0.5) is 4.39 Å². The van der Waals surface area contributed by atoms with Gasteiger partial charge < -0.3 is 14.4 Å². The van der Waals surface area contributed by atoms with E-state index in [2.05, 4.69) is 60.6 Å². The minimum absolute atomic E-state index is 0. The molecule has 4 aromatic heterocycles. The Morgan fingerprint density at radius 2 is 1.73 bits per heavy atom. The minimum atomic E-state index is -2.13. The van der Waals surface area contributed by atoms with E-state index in [1.165, 1.54) is 17.3 Å². The van der Waals surface area contributed by atoms with Gasteiger partial charge in [-0.15, -0.1) is 47.5 Å². The summed E-state index contributed by atoms with van der Waals surface area (Å²) in [5.41, 5.74) is 6.12. The third-order valence-corrected chi connectivity index (χ3v) is 9.34. The van der Waals surface area contributed by atoms with Crippen molar-refractivity contribution in [3.8, 4) is 22.5 Å². The number of pyridine rings is 3. The summed E-state index contributed by atoms with van der Waals surface area (Å²) in [5.74, 6) is -0.702. The molecule has 1 radical (unpaired) electrons. The van der Waals surface area contributed by atoms with Crippen molar-refractivity contribution in [2.24, 2.45) is 0 Å². The first kappa shape index (κ1) is 28.0. The van der Waals surface area contributed by atoms with Crippen molar-refractivity contribution >= 4 is 35.3 Å². The van der Waals surface area contributed by atoms with Crippen LogP contribution >= 0.6 is 0 Å². The normalized spacial score (nSPS) is 13.4. The van der Waals surface area contributed by atoms with E-state index >= 15 is 0 Å². The number of halogens is 1. The third-order valence-electron chi connectivity index (χ3n) is 7.32. The summed E-state index contributed by atoms with van der Waals surface area (Å²) >= 11 is 0. The van der Waals surface area contributed by atoms with Crippen LogP contribution in [0.15, 0.2) is 77.6 Å². The number of nitrogens with zero attached hydrogens (tertiary/aromatic N) is 3. The van der Waals surface area contributed by atoms with Crippen molar-refractivity contribution in [2.45, 2.75) is 66.0 Å². The molecule has 0 N–H and O–H groups in total. The van der Waals surface area contributed by atoms with Gasteiger partial charge in [0.15, 0.2) is 0 Å². The standard InChI is InChI=1S/C19H14FN2O.C18H24NSi.Ir/c1-11(2)12-7-9-21-16(10-12)13-5-6-15(20)17-14-4-3-8-22-19(14)23-18(13)17;1-13(2)16-11-17(15-9-7-14(3)8-10-15)19-12-18(16)20(4,5)6;/h3-4,6-11H,1-2H3;7-9,11-13H,1-6H3;/q2*-1;/i;3D3,13D;. The zero-order valence-corrected chi connectivity index (χ0v) is 29.4. The van der Waals surface area contributed by atoms with Gasteiger partial charge in [0.2, 0.25) is 5.71 Å². The molecule has 0 saturated carbocycles. The van der Waals surface area contributed by atoms with Gasteiger partial charge in [-0.25, -0.2) is 4.98 Å². The number of aromatic nitrogens is 3. The predicted molar refractivity (Wildman–Crippen MR) is 178 cm³/mol. The van der Waals surface area contributed by atoms with Crippen LogP contribution < -0.4 is 5.19 Å². The summed E-state index contributed by atoms with van der Waals surface area (Å²) < 4.78 is 50.9. The first-order chi connectivity index (χ1) is 21.9. The van der Waals surface area contributed by atoms with Crippen LogP contribution in [0.5, 0.6) is 0 Å². The Hall–Kier alpha value is -3.51. The van der Waals surface area contributed by atoms with E-state index in [1.54, 1.807) is 36.7 Å². The average Bonchev–Trinajstić information content (AvgIpc) is 3.41. The Bertz CT molecular complexity index is 2050. The third kappa shape index (κ3) is 7.07. The topological polar surface area (TPSA) is 51.8 Å². The molecule has 0 fully saturated rings. The SMILES string of the molecule is CC(C)c1ccnc(-c2[c-]cc(F)c3c2oc2ncccc23)c1.[2H]C([2H])([2H])c1c[c-]c(-c2cc(C([2H])(C)C)c([Si](C)(C)C)cn2)cc1.[Ir]. The first-order valence-corrected chi connectivity index (χ1v) is 17.8. The fraction of sp³-hybridized carbons (Fsp3) is 0.270. The van der Waals surface area contributed by atoms with Crippen molar-refractivity contribution in [3.63, 3.8) is 0 Å². The second-order valence-corrected chi connectivity index (χ2v) is 17.2. The maximum absolute atomic E-state index is 14.3. The average molecular weight is 784 g/mol. The Kier molecular flexibility index (Phi) is 8.68. The molecule has 4 nitrogen and oxygen atoms in total. The van der Waals surface area contributed by atoms with Gasteiger partial charge >= 0.3 is 0 Å².